The van der Waals surface area contributed by atoms with Crippen LogP contribution in [0.3, 0.4) is 0 Å². The summed E-state index contributed by atoms with van der Waals surface area (Å²) in [7, 11) is 3.16. The summed E-state index contributed by atoms with van der Waals surface area (Å²) < 4.78 is 10.8. The largest absolute Gasteiger partial charge is 0.497 e. The van der Waals surface area contributed by atoms with Gasteiger partial charge in [-0.2, -0.15) is 4.98 Å². The SMILES string of the molecule is CCN1C(=O)N(c2cc(OC)cc(OC)c2)Cc2cnc(Nc3ccc(N4CCN(C(=O)CN)CC4)cc3)nc21. The maximum Gasteiger partial charge on any atom is 0.330 e. The second-order valence-electron chi connectivity index (χ2n) is 9.47. The van der Waals surface area contributed by atoms with Gasteiger partial charge >= 0.3 is 6.03 Å². The number of carbonyl (C=O) groups excluding carboxylic acids is 2. The standard InChI is InChI=1S/C28H34N8O4/c1-4-35-26-19(18-36(28(35)38)22-13-23(39-2)15-24(14-22)40-3)17-30-27(32-26)31-20-5-7-21(8-6-20)33-9-11-34(12-10-33)25(37)16-29/h5-8,13-15,17H,4,9-12,16,18,29H2,1-3H3,(H,30,31,32). The molecule has 12 nitrogen and oxygen atoms in total. The Morgan fingerprint density at radius 3 is 2.27 bits per heavy atom. The van der Waals surface area contributed by atoms with E-state index in [1.807, 2.05) is 31.2 Å². The van der Waals surface area contributed by atoms with E-state index in [1.165, 1.54) is 0 Å². The van der Waals surface area contributed by atoms with E-state index in [0.717, 1.165) is 30.0 Å². The fourth-order valence-electron chi connectivity index (χ4n) is 4.94. The Morgan fingerprint density at radius 2 is 1.68 bits per heavy atom. The zero-order valence-corrected chi connectivity index (χ0v) is 23.0. The molecule has 1 saturated heterocycles. The monoisotopic (exact) mass is 546 g/mol. The third kappa shape index (κ3) is 5.43. The van der Waals surface area contributed by atoms with Gasteiger partial charge in [0.15, 0.2) is 0 Å². The lowest BCUT2D eigenvalue weighted by Gasteiger charge is -2.36. The van der Waals surface area contributed by atoms with Crippen molar-refractivity contribution in [1.29, 1.82) is 0 Å². The number of fused-ring (bicyclic) bond motifs is 1. The Morgan fingerprint density at radius 1 is 1.00 bits per heavy atom. The Hall–Kier alpha value is -4.58. The molecule has 0 saturated carbocycles. The van der Waals surface area contributed by atoms with Gasteiger partial charge in [-0.3, -0.25) is 14.6 Å². The second kappa shape index (κ2) is 11.7. The molecule has 3 heterocycles. The molecule has 3 N–H and O–H groups in total. The van der Waals surface area contributed by atoms with Gasteiger partial charge in [-0.15, -0.1) is 0 Å². The van der Waals surface area contributed by atoms with E-state index in [0.29, 0.717) is 55.1 Å². The number of aromatic nitrogens is 2. The van der Waals surface area contributed by atoms with Crippen molar-refractivity contribution in [2.75, 3.05) is 73.5 Å². The molecule has 1 aromatic heterocycles. The molecule has 0 bridgehead atoms. The van der Waals surface area contributed by atoms with Crippen LogP contribution in [-0.4, -0.2) is 80.3 Å². The lowest BCUT2D eigenvalue weighted by molar-refractivity contribution is -0.129. The van der Waals surface area contributed by atoms with E-state index in [2.05, 4.69) is 15.2 Å². The molecule has 2 aromatic carbocycles. The average molecular weight is 547 g/mol. The first-order valence-electron chi connectivity index (χ1n) is 13.2. The van der Waals surface area contributed by atoms with Crippen LogP contribution in [0, 0.1) is 0 Å². The van der Waals surface area contributed by atoms with Crippen LogP contribution in [0.2, 0.25) is 0 Å². The molecule has 12 heteroatoms. The van der Waals surface area contributed by atoms with E-state index in [-0.39, 0.29) is 18.5 Å². The fourth-order valence-corrected chi connectivity index (χ4v) is 4.94. The Labute approximate surface area is 233 Å². The lowest BCUT2D eigenvalue weighted by atomic mass is 10.1. The van der Waals surface area contributed by atoms with Gasteiger partial charge in [0.05, 0.1) is 33.0 Å². The van der Waals surface area contributed by atoms with Gasteiger partial charge in [0.25, 0.3) is 0 Å². The van der Waals surface area contributed by atoms with Crippen LogP contribution in [0.5, 0.6) is 11.5 Å². The minimum absolute atomic E-state index is 0.0131. The molecule has 0 spiro atoms. The maximum absolute atomic E-state index is 13.5. The van der Waals surface area contributed by atoms with Gasteiger partial charge in [0.2, 0.25) is 11.9 Å². The highest BCUT2D eigenvalue weighted by atomic mass is 16.5. The number of methoxy groups -OCH3 is 2. The van der Waals surface area contributed by atoms with E-state index < -0.39 is 0 Å². The molecule has 210 valence electrons. The molecule has 0 radical (unpaired) electrons. The molecular weight excluding hydrogens is 512 g/mol. The van der Waals surface area contributed by atoms with Gasteiger partial charge in [-0.1, -0.05) is 0 Å². The number of piperazine rings is 1. The number of urea groups is 1. The molecule has 1 fully saturated rings. The van der Waals surface area contributed by atoms with Gasteiger partial charge in [-0.25, -0.2) is 9.78 Å². The van der Waals surface area contributed by atoms with Crippen LogP contribution < -0.4 is 35.2 Å². The third-order valence-corrected chi connectivity index (χ3v) is 7.15. The van der Waals surface area contributed by atoms with Crippen molar-refractivity contribution in [3.63, 3.8) is 0 Å². The number of amides is 3. The van der Waals surface area contributed by atoms with Crippen molar-refractivity contribution in [1.82, 2.24) is 14.9 Å². The van der Waals surface area contributed by atoms with Crippen molar-refractivity contribution < 1.29 is 19.1 Å². The first kappa shape index (κ1) is 27.0. The number of nitrogens with one attached hydrogen (secondary N) is 1. The zero-order valence-electron chi connectivity index (χ0n) is 23.0. The maximum atomic E-state index is 13.5. The zero-order chi connectivity index (χ0) is 28.2. The minimum Gasteiger partial charge on any atom is -0.497 e. The number of hydrogen-bond acceptors (Lipinski definition) is 9. The van der Waals surface area contributed by atoms with E-state index in [1.54, 1.807) is 53.3 Å². The molecule has 40 heavy (non-hydrogen) atoms. The number of carbonyl (C=O) groups is 2. The van der Waals surface area contributed by atoms with Crippen molar-refractivity contribution in [3.8, 4) is 11.5 Å². The van der Waals surface area contributed by atoms with Crippen molar-refractivity contribution in [2.24, 2.45) is 5.73 Å². The average Bonchev–Trinajstić information content (AvgIpc) is 3.00. The van der Waals surface area contributed by atoms with E-state index >= 15 is 0 Å². The number of nitrogens with two attached hydrogens (primary N) is 1. The summed E-state index contributed by atoms with van der Waals surface area (Å²) in [5.74, 6) is 2.17. The summed E-state index contributed by atoms with van der Waals surface area (Å²) in [6.07, 6.45) is 1.75. The molecule has 3 aromatic rings. The van der Waals surface area contributed by atoms with Crippen LogP contribution in [0.25, 0.3) is 0 Å². The summed E-state index contributed by atoms with van der Waals surface area (Å²) in [6.45, 7) is 5.56. The molecular formula is C28H34N8O4. The molecule has 2 aliphatic heterocycles. The van der Waals surface area contributed by atoms with Crippen molar-refractivity contribution in [2.45, 2.75) is 13.5 Å². The quantitative estimate of drug-likeness (QED) is 0.438. The number of anilines is 5. The van der Waals surface area contributed by atoms with Crippen LogP contribution >= 0.6 is 0 Å². The molecule has 2 aliphatic rings. The molecule has 0 aliphatic carbocycles. The van der Waals surface area contributed by atoms with Crippen LogP contribution in [-0.2, 0) is 11.3 Å². The minimum atomic E-state index is -0.187. The van der Waals surface area contributed by atoms with E-state index in [4.69, 9.17) is 20.2 Å². The van der Waals surface area contributed by atoms with Crippen molar-refractivity contribution >= 4 is 40.8 Å². The lowest BCUT2D eigenvalue weighted by Crippen LogP contribution is -2.50. The van der Waals surface area contributed by atoms with Gasteiger partial charge in [0, 0.05) is 74.1 Å². The topological polar surface area (TPSA) is 129 Å². The number of rotatable bonds is 8. The first-order chi connectivity index (χ1) is 19.4. The molecule has 5 rings (SSSR count). The summed E-state index contributed by atoms with van der Waals surface area (Å²) in [6, 6.07) is 13.2. The molecule has 3 amide bonds. The highest BCUT2D eigenvalue weighted by molar-refractivity contribution is 6.05. The van der Waals surface area contributed by atoms with Crippen LogP contribution in [0.4, 0.5) is 33.6 Å². The first-order valence-corrected chi connectivity index (χ1v) is 13.2. The highest BCUT2D eigenvalue weighted by Gasteiger charge is 2.32. The third-order valence-electron chi connectivity index (χ3n) is 7.15. The predicted octanol–water partition coefficient (Wildman–Crippen LogP) is 2.81. The Balaban J connectivity index is 1.30. The van der Waals surface area contributed by atoms with Crippen molar-refractivity contribution in [3.05, 3.63) is 54.2 Å². The van der Waals surface area contributed by atoms with Crippen LogP contribution in [0.15, 0.2) is 48.7 Å². The summed E-state index contributed by atoms with van der Waals surface area (Å²) in [5, 5.41) is 3.25. The normalized spacial score (nSPS) is 15.2. The smallest absolute Gasteiger partial charge is 0.330 e. The van der Waals surface area contributed by atoms with E-state index in [9.17, 15) is 9.59 Å². The summed E-state index contributed by atoms with van der Waals surface area (Å²) in [4.78, 5) is 41.9. The highest BCUT2D eigenvalue weighted by Crippen LogP contribution is 2.35. The number of ether oxygens (including phenoxy) is 2. The van der Waals surface area contributed by atoms with Gasteiger partial charge < -0.3 is 30.3 Å². The van der Waals surface area contributed by atoms with Crippen LogP contribution in [0.1, 0.15) is 12.5 Å². The summed E-state index contributed by atoms with van der Waals surface area (Å²) >= 11 is 0. The number of hydrogen-bond donors (Lipinski definition) is 2. The fraction of sp³-hybridized carbons (Fsp3) is 0.357. The molecule has 0 atom stereocenters. The van der Waals surface area contributed by atoms with Gasteiger partial charge in [-0.05, 0) is 31.2 Å². The van der Waals surface area contributed by atoms with Gasteiger partial charge in [0.1, 0.15) is 17.3 Å². The Bertz CT molecular complexity index is 1350. The number of nitrogens with zero attached hydrogens (tertiary/aromatic N) is 6. The number of benzene rings is 2. The molecule has 0 unspecified atom stereocenters. The Kier molecular flexibility index (Phi) is 7.87. The summed E-state index contributed by atoms with van der Waals surface area (Å²) in [5.41, 5.74) is 8.89. The predicted molar refractivity (Wildman–Crippen MR) is 154 cm³/mol. The second-order valence-corrected chi connectivity index (χ2v) is 9.47.